The molecule has 1 fully saturated rings. The van der Waals surface area contributed by atoms with Crippen molar-refractivity contribution in [2.75, 3.05) is 39.1 Å². The average Bonchev–Trinajstić information content (AvgIpc) is 2.37. The van der Waals surface area contributed by atoms with Crippen LogP contribution in [0.3, 0.4) is 0 Å². The Morgan fingerprint density at radius 1 is 1.35 bits per heavy atom. The molecule has 0 aliphatic carbocycles. The summed E-state index contributed by atoms with van der Waals surface area (Å²) in [4.78, 5) is 2.49. The molecule has 0 amide bonds. The van der Waals surface area contributed by atoms with Gasteiger partial charge in [0.1, 0.15) is 0 Å². The number of hydrogen-bond donors (Lipinski definition) is 1. The summed E-state index contributed by atoms with van der Waals surface area (Å²) in [6.45, 7) is 8.84. The van der Waals surface area contributed by atoms with Crippen molar-refractivity contribution in [3.63, 3.8) is 0 Å². The standard InChI is InChI=1S/C14H29NOS/c1-4-14(5-2,12-17)11-15(3)9-13-7-6-8-16-10-13/h13,17H,4-12H2,1-3H3. The molecule has 1 aliphatic heterocycles. The highest BCUT2D eigenvalue weighted by Crippen LogP contribution is 2.29. The van der Waals surface area contributed by atoms with E-state index in [1.807, 2.05) is 0 Å². The van der Waals surface area contributed by atoms with Crippen molar-refractivity contribution in [2.45, 2.75) is 39.5 Å². The number of rotatable bonds is 7. The molecular formula is C14H29NOS. The molecule has 2 nitrogen and oxygen atoms in total. The Morgan fingerprint density at radius 3 is 2.53 bits per heavy atom. The zero-order valence-corrected chi connectivity index (χ0v) is 12.6. The summed E-state index contributed by atoms with van der Waals surface area (Å²) in [5.41, 5.74) is 0.396. The van der Waals surface area contributed by atoms with E-state index in [1.165, 1.54) is 38.8 Å². The molecule has 0 bridgehead atoms. The second kappa shape index (κ2) is 7.65. The smallest absolute Gasteiger partial charge is 0.0506 e. The van der Waals surface area contributed by atoms with Gasteiger partial charge in [-0.05, 0) is 49.8 Å². The van der Waals surface area contributed by atoms with E-state index in [9.17, 15) is 0 Å². The summed E-state index contributed by atoms with van der Waals surface area (Å²) in [7, 11) is 2.25. The number of ether oxygens (including phenoxy) is 1. The van der Waals surface area contributed by atoms with E-state index < -0.39 is 0 Å². The molecule has 0 saturated carbocycles. The summed E-state index contributed by atoms with van der Waals surface area (Å²) in [6.07, 6.45) is 5.01. The third kappa shape index (κ3) is 4.80. The summed E-state index contributed by atoms with van der Waals surface area (Å²) >= 11 is 4.55. The van der Waals surface area contributed by atoms with Gasteiger partial charge in [-0.2, -0.15) is 12.6 Å². The molecule has 1 heterocycles. The maximum atomic E-state index is 5.55. The first kappa shape index (κ1) is 15.3. The molecule has 1 rings (SSSR count). The van der Waals surface area contributed by atoms with Crippen LogP contribution in [0.2, 0.25) is 0 Å². The molecule has 0 N–H and O–H groups in total. The first-order valence-corrected chi connectivity index (χ1v) is 7.66. The second-order valence-electron chi connectivity index (χ2n) is 5.65. The van der Waals surface area contributed by atoms with Gasteiger partial charge in [-0.1, -0.05) is 13.8 Å². The van der Waals surface area contributed by atoms with Crippen LogP contribution in [0, 0.1) is 11.3 Å². The molecule has 0 aromatic heterocycles. The molecule has 17 heavy (non-hydrogen) atoms. The summed E-state index contributed by atoms with van der Waals surface area (Å²) < 4.78 is 5.55. The molecule has 1 saturated heterocycles. The fourth-order valence-electron chi connectivity index (χ4n) is 2.78. The molecule has 0 aromatic rings. The van der Waals surface area contributed by atoms with Gasteiger partial charge in [-0.25, -0.2) is 0 Å². The van der Waals surface area contributed by atoms with Crippen molar-refractivity contribution in [3.8, 4) is 0 Å². The molecule has 0 spiro atoms. The van der Waals surface area contributed by atoms with E-state index in [1.54, 1.807) is 0 Å². The minimum absolute atomic E-state index is 0.396. The fraction of sp³-hybridized carbons (Fsp3) is 1.00. The van der Waals surface area contributed by atoms with E-state index >= 15 is 0 Å². The Balaban J connectivity index is 2.38. The Labute approximate surface area is 113 Å². The Kier molecular flexibility index (Phi) is 6.90. The van der Waals surface area contributed by atoms with Crippen LogP contribution in [0.5, 0.6) is 0 Å². The Bertz CT molecular complexity index is 192. The molecule has 102 valence electrons. The van der Waals surface area contributed by atoms with E-state index in [4.69, 9.17) is 4.74 Å². The molecule has 3 heteroatoms. The lowest BCUT2D eigenvalue weighted by Gasteiger charge is -2.36. The summed E-state index contributed by atoms with van der Waals surface area (Å²) in [6, 6.07) is 0. The molecular weight excluding hydrogens is 230 g/mol. The zero-order chi connectivity index (χ0) is 12.7. The first-order valence-electron chi connectivity index (χ1n) is 7.03. The van der Waals surface area contributed by atoms with Gasteiger partial charge < -0.3 is 9.64 Å². The maximum absolute atomic E-state index is 5.55. The van der Waals surface area contributed by atoms with Gasteiger partial charge in [0.05, 0.1) is 6.61 Å². The van der Waals surface area contributed by atoms with Crippen LogP contribution < -0.4 is 0 Å². The van der Waals surface area contributed by atoms with Crippen molar-refractivity contribution in [2.24, 2.45) is 11.3 Å². The largest absolute Gasteiger partial charge is 0.381 e. The molecule has 0 radical (unpaired) electrons. The van der Waals surface area contributed by atoms with Gasteiger partial charge in [-0.3, -0.25) is 0 Å². The third-order valence-corrected chi connectivity index (χ3v) is 4.94. The van der Waals surface area contributed by atoms with E-state index in [0.29, 0.717) is 5.41 Å². The van der Waals surface area contributed by atoms with Gasteiger partial charge in [0.15, 0.2) is 0 Å². The minimum atomic E-state index is 0.396. The van der Waals surface area contributed by atoms with Crippen LogP contribution in [0.25, 0.3) is 0 Å². The number of nitrogens with zero attached hydrogens (tertiary/aromatic N) is 1. The topological polar surface area (TPSA) is 12.5 Å². The summed E-state index contributed by atoms with van der Waals surface area (Å²) in [5.74, 6) is 1.73. The molecule has 0 aromatic carbocycles. The van der Waals surface area contributed by atoms with Crippen LogP contribution in [0.4, 0.5) is 0 Å². The highest BCUT2D eigenvalue weighted by Gasteiger charge is 2.27. The van der Waals surface area contributed by atoms with Crippen LogP contribution in [0.15, 0.2) is 0 Å². The quantitative estimate of drug-likeness (QED) is 0.705. The van der Waals surface area contributed by atoms with Gasteiger partial charge in [0, 0.05) is 19.7 Å². The van der Waals surface area contributed by atoms with E-state index in [-0.39, 0.29) is 0 Å². The lowest BCUT2D eigenvalue weighted by atomic mass is 9.83. The monoisotopic (exact) mass is 259 g/mol. The lowest BCUT2D eigenvalue weighted by molar-refractivity contribution is 0.0361. The van der Waals surface area contributed by atoms with Gasteiger partial charge in [0.25, 0.3) is 0 Å². The normalized spacial score (nSPS) is 22.1. The van der Waals surface area contributed by atoms with Gasteiger partial charge in [-0.15, -0.1) is 0 Å². The van der Waals surface area contributed by atoms with Gasteiger partial charge in [0.2, 0.25) is 0 Å². The van der Waals surface area contributed by atoms with E-state index in [0.717, 1.165) is 24.9 Å². The average molecular weight is 259 g/mol. The van der Waals surface area contributed by atoms with Crippen molar-refractivity contribution < 1.29 is 4.74 Å². The zero-order valence-electron chi connectivity index (χ0n) is 11.7. The predicted molar refractivity (Wildman–Crippen MR) is 77.9 cm³/mol. The molecule has 1 aliphatic rings. The number of thiol groups is 1. The van der Waals surface area contributed by atoms with Crippen molar-refractivity contribution in [3.05, 3.63) is 0 Å². The maximum Gasteiger partial charge on any atom is 0.0506 e. The Hall–Kier alpha value is 0.270. The number of hydrogen-bond acceptors (Lipinski definition) is 3. The van der Waals surface area contributed by atoms with Crippen LogP contribution in [-0.4, -0.2) is 44.0 Å². The highest BCUT2D eigenvalue weighted by atomic mass is 32.1. The van der Waals surface area contributed by atoms with Crippen LogP contribution >= 0.6 is 12.6 Å². The Morgan fingerprint density at radius 2 is 2.06 bits per heavy atom. The fourth-order valence-corrected chi connectivity index (χ4v) is 3.32. The molecule has 1 atom stereocenters. The predicted octanol–water partition coefficient (Wildman–Crippen LogP) is 3.08. The van der Waals surface area contributed by atoms with Crippen LogP contribution in [-0.2, 0) is 4.74 Å². The third-order valence-electron chi connectivity index (χ3n) is 4.27. The minimum Gasteiger partial charge on any atom is -0.381 e. The first-order chi connectivity index (χ1) is 8.15. The highest BCUT2D eigenvalue weighted by molar-refractivity contribution is 7.80. The van der Waals surface area contributed by atoms with Crippen molar-refractivity contribution in [1.82, 2.24) is 4.90 Å². The van der Waals surface area contributed by atoms with Crippen molar-refractivity contribution >= 4 is 12.6 Å². The van der Waals surface area contributed by atoms with E-state index in [2.05, 4.69) is 38.4 Å². The summed E-state index contributed by atoms with van der Waals surface area (Å²) in [5, 5.41) is 0. The van der Waals surface area contributed by atoms with Gasteiger partial charge >= 0.3 is 0 Å². The lowest BCUT2D eigenvalue weighted by Crippen LogP contribution is -2.40. The molecule has 1 unspecified atom stereocenters. The van der Waals surface area contributed by atoms with Crippen molar-refractivity contribution in [1.29, 1.82) is 0 Å². The van der Waals surface area contributed by atoms with Crippen LogP contribution in [0.1, 0.15) is 39.5 Å². The SMILES string of the molecule is CCC(CC)(CS)CN(C)CC1CCCOC1. The second-order valence-corrected chi connectivity index (χ2v) is 5.96.